The molecule has 3 atom stereocenters. The van der Waals surface area contributed by atoms with E-state index in [-0.39, 0.29) is 23.8 Å². The summed E-state index contributed by atoms with van der Waals surface area (Å²) in [5.74, 6) is 5.94. The molecule has 1 rings (SSSR count). The molecule has 0 saturated carbocycles. The van der Waals surface area contributed by atoms with Crippen molar-refractivity contribution >= 4 is 11.9 Å². The van der Waals surface area contributed by atoms with Gasteiger partial charge < -0.3 is 14.7 Å². The molecule has 5 nitrogen and oxygen atoms in total. The Labute approximate surface area is 157 Å². The second-order valence-electron chi connectivity index (χ2n) is 6.92. The summed E-state index contributed by atoms with van der Waals surface area (Å²) in [6, 6.07) is 0.0803. The monoisotopic (exact) mass is 363 g/mol. The van der Waals surface area contributed by atoms with E-state index in [9.17, 15) is 14.7 Å². The molecule has 0 radical (unpaired) electrons. The lowest BCUT2D eigenvalue weighted by Gasteiger charge is -2.23. The Balaban J connectivity index is 2.36. The molecule has 1 aliphatic heterocycles. The van der Waals surface area contributed by atoms with Crippen LogP contribution < -0.4 is 0 Å². The molecule has 1 aliphatic rings. The SMILES string of the molecule is CC#CCC(C)C(O)C=C[C@H]1CCC(=O)N1CCCCCCC(=O)OC. The van der Waals surface area contributed by atoms with E-state index in [1.54, 1.807) is 6.92 Å². The van der Waals surface area contributed by atoms with Crippen molar-refractivity contribution in [3.63, 3.8) is 0 Å². The minimum Gasteiger partial charge on any atom is -0.469 e. The number of nitrogens with zero attached hydrogens (tertiary/aromatic N) is 1. The predicted octanol–water partition coefficient (Wildman–Crippen LogP) is 3.07. The van der Waals surface area contributed by atoms with Crippen LogP contribution in [0.1, 0.15) is 65.2 Å². The Morgan fingerprint density at radius 3 is 2.81 bits per heavy atom. The molecule has 0 aromatic heterocycles. The first-order chi connectivity index (χ1) is 12.5. The van der Waals surface area contributed by atoms with Gasteiger partial charge in [-0.1, -0.05) is 31.9 Å². The van der Waals surface area contributed by atoms with Crippen molar-refractivity contribution in [2.45, 2.75) is 77.4 Å². The van der Waals surface area contributed by atoms with E-state index in [2.05, 4.69) is 16.6 Å². The number of likely N-dealkylation sites (tertiary alicyclic amines) is 1. The number of esters is 1. The highest BCUT2D eigenvalue weighted by atomic mass is 16.5. The fourth-order valence-corrected chi connectivity index (χ4v) is 3.07. The van der Waals surface area contributed by atoms with E-state index in [0.717, 1.165) is 38.6 Å². The van der Waals surface area contributed by atoms with Crippen LogP contribution in [-0.4, -0.2) is 47.7 Å². The van der Waals surface area contributed by atoms with E-state index < -0.39 is 6.10 Å². The van der Waals surface area contributed by atoms with Gasteiger partial charge in [0.15, 0.2) is 0 Å². The number of hydrogen-bond acceptors (Lipinski definition) is 4. The zero-order valence-corrected chi connectivity index (χ0v) is 16.4. The highest BCUT2D eigenvalue weighted by Crippen LogP contribution is 2.21. The first-order valence-electron chi connectivity index (χ1n) is 9.61. The number of carbonyl (C=O) groups excluding carboxylic acids is 2. The van der Waals surface area contributed by atoms with Gasteiger partial charge in [0.25, 0.3) is 0 Å². The van der Waals surface area contributed by atoms with E-state index >= 15 is 0 Å². The molecule has 1 fully saturated rings. The molecule has 5 heteroatoms. The first kappa shape index (κ1) is 22.2. The van der Waals surface area contributed by atoms with Crippen molar-refractivity contribution in [1.29, 1.82) is 0 Å². The predicted molar refractivity (Wildman–Crippen MR) is 102 cm³/mol. The number of amides is 1. The molecule has 1 saturated heterocycles. The lowest BCUT2D eigenvalue weighted by atomic mass is 10.00. The van der Waals surface area contributed by atoms with Gasteiger partial charge in [-0.25, -0.2) is 0 Å². The van der Waals surface area contributed by atoms with Crippen molar-refractivity contribution in [3.05, 3.63) is 12.2 Å². The van der Waals surface area contributed by atoms with Gasteiger partial charge in [0.05, 0.1) is 19.3 Å². The third-order valence-corrected chi connectivity index (χ3v) is 4.85. The molecule has 0 spiro atoms. The summed E-state index contributed by atoms with van der Waals surface area (Å²) in [6.45, 7) is 4.51. The van der Waals surface area contributed by atoms with Crippen LogP contribution in [0.5, 0.6) is 0 Å². The first-order valence-corrected chi connectivity index (χ1v) is 9.61. The third-order valence-electron chi connectivity index (χ3n) is 4.85. The van der Waals surface area contributed by atoms with Gasteiger partial charge in [-0.05, 0) is 32.1 Å². The summed E-state index contributed by atoms with van der Waals surface area (Å²) in [7, 11) is 1.41. The number of unbranched alkanes of at least 4 members (excludes halogenated alkanes) is 3. The van der Waals surface area contributed by atoms with Crippen molar-refractivity contribution in [2.75, 3.05) is 13.7 Å². The average molecular weight is 363 g/mol. The highest BCUT2D eigenvalue weighted by Gasteiger charge is 2.28. The molecule has 1 amide bonds. The van der Waals surface area contributed by atoms with Crippen LogP contribution in [0.15, 0.2) is 12.2 Å². The smallest absolute Gasteiger partial charge is 0.305 e. The second-order valence-corrected chi connectivity index (χ2v) is 6.92. The summed E-state index contributed by atoms with van der Waals surface area (Å²) in [5.41, 5.74) is 0. The number of rotatable bonds is 11. The van der Waals surface area contributed by atoms with Gasteiger partial charge in [-0.3, -0.25) is 9.59 Å². The summed E-state index contributed by atoms with van der Waals surface area (Å²) in [5, 5.41) is 10.2. The molecule has 0 aromatic carbocycles. The molecule has 1 heterocycles. The molecule has 146 valence electrons. The molecule has 1 N–H and O–H groups in total. The van der Waals surface area contributed by atoms with Crippen molar-refractivity contribution < 1.29 is 19.4 Å². The number of methoxy groups -OCH3 is 1. The molecular weight excluding hydrogens is 330 g/mol. The van der Waals surface area contributed by atoms with Crippen molar-refractivity contribution in [3.8, 4) is 11.8 Å². The molecular formula is C21H33NO4. The fourth-order valence-electron chi connectivity index (χ4n) is 3.07. The largest absolute Gasteiger partial charge is 0.469 e. The maximum atomic E-state index is 12.1. The van der Waals surface area contributed by atoms with Crippen LogP contribution >= 0.6 is 0 Å². The van der Waals surface area contributed by atoms with Crippen LogP contribution in [0.3, 0.4) is 0 Å². The van der Waals surface area contributed by atoms with E-state index in [4.69, 9.17) is 0 Å². The topological polar surface area (TPSA) is 66.8 Å². The van der Waals surface area contributed by atoms with Gasteiger partial charge in [0.2, 0.25) is 5.91 Å². The van der Waals surface area contributed by atoms with Crippen molar-refractivity contribution in [2.24, 2.45) is 5.92 Å². The Hall–Kier alpha value is -1.80. The summed E-state index contributed by atoms with van der Waals surface area (Å²) < 4.78 is 4.62. The molecule has 26 heavy (non-hydrogen) atoms. The molecule has 0 aliphatic carbocycles. The minimum absolute atomic E-state index is 0.0803. The third kappa shape index (κ3) is 8.05. The van der Waals surface area contributed by atoms with Gasteiger partial charge >= 0.3 is 5.97 Å². The van der Waals surface area contributed by atoms with E-state index in [0.29, 0.717) is 19.3 Å². The zero-order valence-electron chi connectivity index (χ0n) is 16.4. The summed E-state index contributed by atoms with van der Waals surface area (Å²) >= 11 is 0. The van der Waals surface area contributed by atoms with Crippen LogP contribution in [0, 0.1) is 17.8 Å². The Bertz CT molecular complexity index is 532. The lowest BCUT2D eigenvalue weighted by molar-refractivity contribution is -0.140. The highest BCUT2D eigenvalue weighted by molar-refractivity contribution is 5.79. The number of carbonyl (C=O) groups is 2. The van der Waals surface area contributed by atoms with Crippen LogP contribution in [0.4, 0.5) is 0 Å². The Morgan fingerprint density at radius 1 is 1.38 bits per heavy atom. The zero-order chi connectivity index (χ0) is 19.4. The Kier molecular flexibility index (Phi) is 10.7. The minimum atomic E-state index is -0.535. The number of ether oxygens (including phenoxy) is 1. The fraction of sp³-hybridized carbons (Fsp3) is 0.714. The quantitative estimate of drug-likeness (QED) is 0.265. The lowest BCUT2D eigenvalue weighted by Crippen LogP contribution is -2.33. The van der Waals surface area contributed by atoms with Crippen LogP contribution in [-0.2, 0) is 14.3 Å². The molecule has 0 aromatic rings. The van der Waals surface area contributed by atoms with Crippen molar-refractivity contribution in [1.82, 2.24) is 4.90 Å². The van der Waals surface area contributed by atoms with Gasteiger partial charge in [-0.2, -0.15) is 0 Å². The summed E-state index contributed by atoms with van der Waals surface area (Å²) in [4.78, 5) is 25.1. The maximum absolute atomic E-state index is 12.1. The normalized spacial score (nSPS) is 19.3. The van der Waals surface area contributed by atoms with Gasteiger partial charge in [-0.15, -0.1) is 11.8 Å². The molecule has 0 bridgehead atoms. The van der Waals surface area contributed by atoms with E-state index in [1.807, 2.05) is 24.0 Å². The number of hydrogen-bond donors (Lipinski definition) is 1. The standard InChI is InChI=1S/C21H33NO4/c1-4-5-10-17(2)19(23)14-12-18-13-15-20(24)22(18)16-9-7-6-8-11-21(25)26-3/h12,14,17-19,23H,6-11,13,15-16H2,1-3H3/t17?,18-,19?/m0/s1. The van der Waals surface area contributed by atoms with Gasteiger partial charge in [0, 0.05) is 25.8 Å². The maximum Gasteiger partial charge on any atom is 0.305 e. The second kappa shape index (κ2) is 12.5. The Morgan fingerprint density at radius 2 is 2.12 bits per heavy atom. The number of aliphatic hydroxyl groups excluding tert-OH is 1. The molecule has 2 unspecified atom stereocenters. The number of aliphatic hydroxyl groups is 1. The summed E-state index contributed by atoms with van der Waals surface area (Å²) in [6.07, 6.45) is 9.49. The van der Waals surface area contributed by atoms with Gasteiger partial charge in [0.1, 0.15) is 0 Å². The van der Waals surface area contributed by atoms with E-state index in [1.165, 1.54) is 7.11 Å². The van der Waals surface area contributed by atoms with Crippen LogP contribution in [0.25, 0.3) is 0 Å². The average Bonchev–Trinajstić information content (AvgIpc) is 2.99. The van der Waals surface area contributed by atoms with Crippen LogP contribution in [0.2, 0.25) is 0 Å².